The summed E-state index contributed by atoms with van der Waals surface area (Å²) in [5.41, 5.74) is 0.324. The minimum absolute atomic E-state index is 0.00778. The number of alkyl halides is 3. The standard InChI is InChI=1S/C15H17F3N2O3/c1-9-7-12(9)14(22)20(2)8-13(21)19-10-3-5-11(6-4-10)23-15(16,17)18/h3-6,9,12H,7-8H2,1-2H3,(H,19,21)/t9-,12+/m0/s1. The molecule has 1 fully saturated rings. The lowest BCUT2D eigenvalue weighted by molar-refractivity contribution is -0.274. The number of benzene rings is 1. The zero-order valence-corrected chi connectivity index (χ0v) is 12.7. The number of rotatable bonds is 5. The van der Waals surface area contributed by atoms with Gasteiger partial charge in [-0.15, -0.1) is 13.2 Å². The van der Waals surface area contributed by atoms with Gasteiger partial charge >= 0.3 is 6.36 Å². The maximum atomic E-state index is 12.0. The molecule has 1 aliphatic rings. The minimum atomic E-state index is -4.76. The zero-order valence-electron chi connectivity index (χ0n) is 12.7. The van der Waals surface area contributed by atoms with Crippen LogP contribution in [0.5, 0.6) is 5.75 Å². The van der Waals surface area contributed by atoms with E-state index in [0.29, 0.717) is 11.6 Å². The van der Waals surface area contributed by atoms with Gasteiger partial charge < -0.3 is 15.0 Å². The molecule has 1 aliphatic carbocycles. The van der Waals surface area contributed by atoms with E-state index in [9.17, 15) is 22.8 Å². The number of halogens is 3. The fourth-order valence-electron chi connectivity index (χ4n) is 2.18. The van der Waals surface area contributed by atoms with Crippen LogP contribution in [0.3, 0.4) is 0 Å². The Balaban J connectivity index is 1.84. The van der Waals surface area contributed by atoms with Crippen molar-refractivity contribution in [2.24, 2.45) is 11.8 Å². The van der Waals surface area contributed by atoms with Crippen molar-refractivity contribution in [1.29, 1.82) is 0 Å². The van der Waals surface area contributed by atoms with Crippen molar-refractivity contribution in [3.63, 3.8) is 0 Å². The van der Waals surface area contributed by atoms with E-state index in [0.717, 1.165) is 18.6 Å². The normalized spacial score (nSPS) is 19.9. The SMILES string of the molecule is C[C@H]1C[C@H]1C(=O)N(C)CC(=O)Nc1ccc(OC(F)(F)F)cc1. The van der Waals surface area contributed by atoms with Gasteiger partial charge in [0.05, 0.1) is 6.54 Å². The molecule has 1 N–H and O–H groups in total. The van der Waals surface area contributed by atoms with E-state index < -0.39 is 12.3 Å². The zero-order chi connectivity index (χ0) is 17.2. The van der Waals surface area contributed by atoms with E-state index in [1.54, 1.807) is 7.05 Å². The maximum Gasteiger partial charge on any atom is 0.573 e. The Kier molecular flexibility index (Phi) is 4.82. The number of carbonyl (C=O) groups is 2. The molecule has 5 nitrogen and oxygen atoms in total. The van der Waals surface area contributed by atoms with Crippen LogP contribution in [0.25, 0.3) is 0 Å². The average Bonchev–Trinajstić information content (AvgIpc) is 3.15. The number of anilines is 1. The van der Waals surface area contributed by atoms with Crippen LogP contribution in [0.15, 0.2) is 24.3 Å². The summed E-state index contributed by atoms with van der Waals surface area (Å²) in [6.45, 7) is 1.86. The van der Waals surface area contributed by atoms with Gasteiger partial charge in [-0.25, -0.2) is 0 Å². The number of nitrogens with zero attached hydrogens (tertiary/aromatic N) is 1. The van der Waals surface area contributed by atoms with Crippen molar-refractivity contribution >= 4 is 17.5 Å². The van der Waals surface area contributed by atoms with Crippen molar-refractivity contribution in [2.75, 3.05) is 18.9 Å². The molecule has 126 valence electrons. The Morgan fingerprint density at radius 2 is 1.87 bits per heavy atom. The monoisotopic (exact) mass is 330 g/mol. The highest BCUT2D eigenvalue weighted by atomic mass is 19.4. The van der Waals surface area contributed by atoms with Gasteiger partial charge in [0.1, 0.15) is 5.75 Å². The van der Waals surface area contributed by atoms with Crippen LogP contribution in [-0.4, -0.2) is 36.7 Å². The summed E-state index contributed by atoms with van der Waals surface area (Å²) in [6, 6.07) is 4.79. The van der Waals surface area contributed by atoms with Crippen molar-refractivity contribution in [2.45, 2.75) is 19.7 Å². The number of hydrogen-bond acceptors (Lipinski definition) is 3. The molecule has 0 saturated heterocycles. The largest absolute Gasteiger partial charge is 0.573 e. The quantitative estimate of drug-likeness (QED) is 0.903. The molecule has 8 heteroatoms. The van der Waals surface area contributed by atoms with Crippen LogP contribution in [0.2, 0.25) is 0 Å². The van der Waals surface area contributed by atoms with Crippen molar-refractivity contribution in [1.82, 2.24) is 4.90 Å². The van der Waals surface area contributed by atoms with Gasteiger partial charge in [0.15, 0.2) is 0 Å². The Bertz CT molecular complexity index is 587. The van der Waals surface area contributed by atoms with Gasteiger partial charge in [-0.3, -0.25) is 9.59 Å². The van der Waals surface area contributed by atoms with Crippen LogP contribution in [0, 0.1) is 11.8 Å². The number of hydrogen-bond donors (Lipinski definition) is 1. The summed E-state index contributed by atoms with van der Waals surface area (Å²) < 4.78 is 39.9. The number of ether oxygens (including phenoxy) is 1. The topological polar surface area (TPSA) is 58.6 Å². The first-order valence-corrected chi connectivity index (χ1v) is 7.06. The van der Waals surface area contributed by atoms with Crippen molar-refractivity contribution in [3.8, 4) is 5.75 Å². The molecule has 0 radical (unpaired) electrons. The molecule has 0 heterocycles. The summed E-state index contributed by atoms with van der Waals surface area (Å²) >= 11 is 0. The second kappa shape index (κ2) is 6.47. The lowest BCUT2D eigenvalue weighted by Gasteiger charge is -2.17. The smallest absolute Gasteiger partial charge is 0.406 e. The lowest BCUT2D eigenvalue weighted by atomic mass is 10.3. The van der Waals surface area contributed by atoms with Crippen molar-refractivity contribution in [3.05, 3.63) is 24.3 Å². The van der Waals surface area contributed by atoms with Crippen LogP contribution < -0.4 is 10.1 Å². The predicted octanol–water partition coefficient (Wildman–Crippen LogP) is 2.64. The fourth-order valence-corrected chi connectivity index (χ4v) is 2.18. The van der Waals surface area contributed by atoms with Gasteiger partial charge in [0.25, 0.3) is 0 Å². The van der Waals surface area contributed by atoms with Gasteiger partial charge in [0, 0.05) is 18.7 Å². The van der Waals surface area contributed by atoms with Crippen LogP contribution in [0.4, 0.5) is 18.9 Å². The number of carbonyl (C=O) groups excluding carboxylic acids is 2. The van der Waals surface area contributed by atoms with Gasteiger partial charge in [-0.2, -0.15) is 0 Å². The summed E-state index contributed by atoms with van der Waals surface area (Å²) in [4.78, 5) is 25.1. The molecule has 1 aromatic carbocycles. The van der Waals surface area contributed by atoms with E-state index in [1.807, 2.05) is 6.92 Å². The third kappa shape index (κ3) is 5.15. The van der Waals surface area contributed by atoms with Gasteiger partial charge in [0.2, 0.25) is 11.8 Å². The highest BCUT2D eigenvalue weighted by Gasteiger charge is 2.40. The minimum Gasteiger partial charge on any atom is -0.406 e. The second-order valence-electron chi connectivity index (χ2n) is 5.63. The van der Waals surface area contributed by atoms with Gasteiger partial charge in [-0.05, 0) is 36.6 Å². The summed E-state index contributed by atoms with van der Waals surface area (Å²) in [7, 11) is 1.55. The van der Waals surface area contributed by atoms with Crippen molar-refractivity contribution < 1.29 is 27.5 Å². The van der Waals surface area contributed by atoms with E-state index >= 15 is 0 Å². The Morgan fingerprint density at radius 3 is 2.35 bits per heavy atom. The molecule has 1 saturated carbocycles. The predicted molar refractivity (Wildman–Crippen MR) is 76.7 cm³/mol. The van der Waals surface area contributed by atoms with E-state index in [4.69, 9.17) is 0 Å². The Hall–Kier alpha value is -2.25. The van der Waals surface area contributed by atoms with Crippen LogP contribution in [-0.2, 0) is 9.59 Å². The molecule has 1 aromatic rings. The third-order valence-corrected chi connectivity index (χ3v) is 3.56. The number of nitrogens with one attached hydrogen (secondary N) is 1. The molecule has 0 aromatic heterocycles. The highest BCUT2D eigenvalue weighted by Crippen LogP contribution is 2.38. The number of likely N-dealkylation sites (N-methyl/N-ethyl adjacent to an activating group) is 1. The maximum absolute atomic E-state index is 12.0. The van der Waals surface area contributed by atoms with E-state index in [-0.39, 0.29) is 24.1 Å². The summed E-state index contributed by atoms with van der Waals surface area (Å²) in [5.74, 6) is -0.508. The molecule has 0 aliphatic heterocycles. The molecular formula is C15H17F3N2O3. The molecule has 2 amide bonds. The van der Waals surface area contributed by atoms with Crippen LogP contribution >= 0.6 is 0 Å². The first-order chi connectivity index (χ1) is 10.7. The molecular weight excluding hydrogens is 313 g/mol. The summed E-state index contributed by atoms with van der Waals surface area (Å²) in [5, 5.41) is 2.52. The third-order valence-electron chi connectivity index (χ3n) is 3.56. The molecule has 23 heavy (non-hydrogen) atoms. The summed E-state index contributed by atoms with van der Waals surface area (Å²) in [6.07, 6.45) is -3.92. The van der Waals surface area contributed by atoms with Crippen LogP contribution in [0.1, 0.15) is 13.3 Å². The first-order valence-electron chi connectivity index (χ1n) is 7.06. The molecule has 2 rings (SSSR count). The van der Waals surface area contributed by atoms with E-state index in [1.165, 1.54) is 17.0 Å². The van der Waals surface area contributed by atoms with E-state index in [2.05, 4.69) is 10.1 Å². The second-order valence-corrected chi connectivity index (χ2v) is 5.63. The number of amides is 2. The average molecular weight is 330 g/mol. The first kappa shape index (κ1) is 17.1. The van der Waals surface area contributed by atoms with Gasteiger partial charge in [-0.1, -0.05) is 6.92 Å². The highest BCUT2D eigenvalue weighted by molar-refractivity contribution is 5.95. The Morgan fingerprint density at radius 1 is 1.30 bits per heavy atom. The molecule has 0 bridgehead atoms. The lowest BCUT2D eigenvalue weighted by Crippen LogP contribution is -2.36. The molecule has 0 spiro atoms. The Labute approximate surface area is 131 Å². The molecule has 2 atom stereocenters. The fraction of sp³-hybridized carbons (Fsp3) is 0.467. The molecule has 0 unspecified atom stereocenters.